The summed E-state index contributed by atoms with van der Waals surface area (Å²) in [5.74, 6) is 0.835. The normalized spacial score (nSPS) is 13.9. The van der Waals surface area contributed by atoms with Crippen molar-refractivity contribution in [2.45, 2.75) is 33.2 Å². The first kappa shape index (κ1) is 14.6. The number of aryl methyl sites for hydroxylation is 3. The van der Waals surface area contributed by atoms with E-state index in [-0.39, 0.29) is 0 Å². The van der Waals surface area contributed by atoms with Crippen LogP contribution >= 0.6 is 0 Å². The molecule has 1 unspecified atom stereocenters. The maximum absolute atomic E-state index is 6.69. The van der Waals surface area contributed by atoms with Crippen LogP contribution in [0.3, 0.4) is 0 Å². The maximum atomic E-state index is 6.69. The summed E-state index contributed by atoms with van der Waals surface area (Å²) >= 11 is 0. The first-order chi connectivity index (χ1) is 9.36. The number of hydrogen-bond acceptors (Lipinski definition) is 2. The third-order valence-corrected chi connectivity index (χ3v) is 3.87. The fourth-order valence-corrected chi connectivity index (χ4v) is 2.67. The molecule has 0 saturated heterocycles. The molecule has 0 fully saturated rings. The fourth-order valence-electron chi connectivity index (χ4n) is 2.67. The second-order valence-electron chi connectivity index (χ2n) is 5.72. The number of benzene rings is 2. The van der Waals surface area contributed by atoms with Crippen LogP contribution in [0.5, 0.6) is 5.75 Å². The van der Waals surface area contributed by atoms with Crippen LogP contribution in [0.4, 0.5) is 0 Å². The summed E-state index contributed by atoms with van der Waals surface area (Å²) in [4.78, 5) is 0. The Balaban J connectivity index is 2.65. The van der Waals surface area contributed by atoms with Gasteiger partial charge < -0.3 is 10.5 Å². The first-order valence-corrected chi connectivity index (χ1v) is 6.88. The molecule has 2 heteroatoms. The van der Waals surface area contributed by atoms with Crippen LogP contribution < -0.4 is 10.5 Å². The van der Waals surface area contributed by atoms with Crippen LogP contribution in [0.2, 0.25) is 0 Å². The zero-order chi connectivity index (χ0) is 14.9. The van der Waals surface area contributed by atoms with Gasteiger partial charge in [0.25, 0.3) is 0 Å². The molecule has 20 heavy (non-hydrogen) atoms. The van der Waals surface area contributed by atoms with Gasteiger partial charge in [0.05, 0.1) is 12.6 Å². The van der Waals surface area contributed by atoms with Crippen molar-refractivity contribution in [3.63, 3.8) is 0 Å². The van der Waals surface area contributed by atoms with E-state index in [1.807, 2.05) is 19.1 Å². The molecule has 2 nitrogen and oxygen atoms in total. The quantitative estimate of drug-likeness (QED) is 0.918. The molecule has 0 bridgehead atoms. The predicted molar refractivity (Wildman–Crippen MR) is 84.3 cm³/mol. The smallest absolute Gasteiger partial charge is 0.124 e. The highest BCUT2D eigenvalue weighted by atomic mass is 16.5. The monoisotopic (exact) mass is 269 g/mol. The van der Waals surface area contributed by atoms with Gasteiger partial charge in [-0.2, -0.15) is 0 Å². The topological polar surface area (TPSA) is 35.2 Å². The molecule has 2 aromatic rings. The lowest BCUT2D eigenvalue weighted by atomic mass is 9.81. The van der Waals surface area contributed by atoms with Crippen molar-refractivity contribution in [1.29, 1.82) is 0 Å². The van der Waals surface area contributed by atoms with Crippen molar-refractivity contribution in [1.82, 2.24) is 0 Å². The number of ether oxygens (including phenoxy) is 1. The van der Waals surface area contributed by atoms with Gasteiger partial charge in [-0.3, -0.25) is 0 Å². The highest BCUT2D eigenvalue weighted by molar-refractivity contribution is 5.50. The van der Waals surface area contributed by atoms with Crippen LogP contribution in [0.1, 0.15) is 34.7 Å². The molecular weight excluding hydrogens is 246 g/mol. The fraction of sp³-hybridized carbons (Fsp3) is 0.333. The lowest BCUT2D eigenvalue weighted by Gasteiger charge is -2.30. The van der Waals surface area contributed by atoms with Crippen molar-refractivity contribution in [2.75, 3.05) is 7.11 Å². The largest absolute Gasteiger partial charge is 0.496 e. The summed E-state index contributed by atoms with van der Waals surface area (Å²) in [6.07, 6.45) is 0. The van der Waals surface area contributed by atoms with E-state index in [9.17, 15) is 0 Å². The molecular formula is C18H23NO. The van der Waals surface area contributed by atoms with Crippen LogP contribution in [-0.4, -0.2) is 7.11 Å². The Labute approximate surface area is 121 Å². The van der Waals surface area contributed by atoms with Gasteiger partial charge in [-0.05, 0) is 44.9 Å². The third kappa shape index (κ3) is 2.56. The molecule has 2 aromatic carbocycles. The van der Waals surface area contributed by atoms with Crippen LogP contribution in [-0.2, 0) is 5.54 Å². The van der Waals surface area contributed by atoms with Gasteiger partial charge in [0.1, 0.15) is 5.75 Å². The molecule has 1 atom stereocenters. The molecule has 0 radical (unpaired) electrons. The summed E-state index contributed by atoms with van der Waals surface area (Å²) in [6.45, 7) is 8.31. The van der Waals surface area contributed by atoms with Crippen molar-refractivity contribution in [3.05, 3.63) is 64.2 Å². The second kappa shape index (κ2) is 5.29. The number of methoxy groups -OCH3 is 1. The second-order valence-corrected chi connectivity index (χ2v) is 5.72. The molecule has 2 rings (SSSR count). The molecule has 0 heterocycles. The van der Waals surface area contributed by atoms with Gasteiger partial charge in [-0.25, -0.2) is 0 Å². The minimum absolute atomic E-state index is 0.576. The molecule has 0 aromatic heterocycles. The van der Waals surface area contributed by atoms with Gasteiger partial charge in [-0.15, -0.1) is 0 Å². The zero-order valence-electron chi connectivity index (χ0n) is 12.9. The summed E-state index contributed by atoms with van der Waals surface area (Å²) in [6, 6.07) is 12.5. The van der Waals surface area contributed by atoms with E-state index in [4.69, 9.17) is 10.5 Å². The van der Waals surface area contributed by atoms with Crippen LogP contribution in [0.15, 0.2) is 36.4 Å². The van der Waals surface area contributed by atoms with E-state index in [1.54, 1.807) is 7.11 Å². The molecule has 2 N–H and O–H groups in total. The van der Waals surface area contributed by atoms with Crippen LogP contribution in [0, 0.1) is 20.8 Å². The minimum atomic E-state index is -0.576. The number of rotatable bonds is 3. The minimum Gasteiger partial charge on any atom is -0.496 e. The highest BCUT2D eigenvalue weighted by Crippen LogP contribution is 2.35. The SMILES string of the molecule is COc1ccc(C)cc1C(C)(N)c1cc(C)ccc1C. The van der Waals surface area contributed by atoms with Crippen molar-refractivity contribution in [2.24, 2.45) is 5.73 Å². The van der Waals surface area contributed by atoms with E-state index in [0.29, 0.717) is 0 Å². The van der Waals surface area contributed by atoms with E-state index < -0.39 is 5.54 Å². The molecule has 0 aliphatic rings. The standard InChI is InChI=1S/C18H23NO/c1-12-6-8-14(3)15(10-12)18(4,19)16-11-13(2)7-9-17(16)20-5/h6-11H,19H2,1-5H3. The lowest BCUT2D eigenvalue weighted by Crippen LogP contribution is -2.35. The van der Waals surface area contributed by atoms with Gasteiger partial charge in [0, 0.05) is 5.56 Å². The summed E-state index contributed by atoms with van der Waals surface area (Å²) in [5.41, 5.74) is 11.9. The average molecular weight is 269 g/mol. The Morgan fingerprint density at radius 3 is 2.05 bits per heavy atom. The number of hydrogen-bond donors (Lipinski definition) is 1. The third-order valence-electron chi connectivity index (χ3n) is 3.87. The molecule has 0 spiro atoms. The summed E-state index contributed by atoms with van der Waals surface area (Å²) in [5, 5.41) is 0. The Morgan fingerprint density at radius 1 is 0.900 bits per heavy atom. The lowest BCUT2D eigenvalue weighted by molar-refractivity contribution is 0.398. The van der Waals surface area contributed by atoms with Gasteiger partial charge >= 0.3 is 0 Å². The maximum Gasteiger partial charge on any atom is 0.124 e. The van der Waals surface area contributed by atoms with Gasteiger partial charge in [0.2, 0.25) is 0 Å². The van der Waals surface area contributed by atoms with Gasteiger partial charge in [0.15, 0.2) is 0 Å². The Hall–Kier alpha value is -1.80. The Kier molecular flexibility index (Phi) is 3.87. The van der Waals surface area contributed by atoms with E-state index in [2.05, 4.69) is 45.0 Å². The summed E-state index contributed by atoms with van der Waals surface area (Å²) < 4.78 is 5.50. The molecule has 0 amide bonds. The first-order valence-electron chi connectivity index (χ1n) is 6.88. The van der Waals surface area contributed by atoms with Crippen molar-refractivity contribution < 1.29 is 4.74 Å². The molecule has 0 saturated carbocycles. The van der Waals surface area contributed by atoms with E-state index in [0.717, 1.165) is 16.9 Å². The van der Waals surface area contributed by atoms with Gasteiger partial charge in [-0.1, -0.05) is 41.5 Å². The highest BCUT2D eigenvalue weighted by Gasteiger charge is 2.28. The van der Waals surface area contributed by atoms with E-state index in [1.165, 1.54) is 16.7 Å². The summed E-state index contributed by atoms with van der Waals surface area (Å²) in [7, 11) is 1.69. The Morgan fingerprint density at radius 2 is 1.45 bits per heavy atom. The van der Waals surface area contributed by atoms with Crippen molar-refractivity contribution in [3.8, 4) is 5.75 Å². The van der Waals surface area contributed by atoms with Crippen LogP contribution in [0.25, 0.3) is 0 Å². The predicted octanol–water partition coefficient (Wildman–Crippen LogP) is 3.84. The molecule has 106 valence electrons. The average Bonchev–Trinajstić information content (AvgIpc) is 2.41. The Bertz CT molecular complexity index is 629. The molecule has 0 aliphatic carbocycles. The molecule has 0 aliphatic heterocycles. The number of nitrogens with two attached hydrogens (primary N) is 1. The zero-order valence-corrected chi connectivity index (χ0v) is 12.9. The van der Waals surface area contributed by atoms with E-state index >= 15 is 0 Å². The van der Waals surface area contributed by atoms with Crippen molar-refractivity contribution >= 4 is 0 Å².